The van der Waals surface area contributed by atoms with Crippen LogP contribution in [0.25, 0.3) is 0 Å². The molecule has 1 fully saturated rings. The third-order valence-electron chi connectivity index (χ3n) is 3.54. The second-order valence-corrected chi connectivity index (χ2v) is 5.80. The molecule has 23 heavy (non-hydrogen) atoms. The molecule has 5 nitrogen and oxygen atoms in total. The smallest absolute Gasteiger partial charge is 0.231 e. The minimum atomic E-state index is -1.92. The number of rotatable bonds is 5. The maximum absolute atomic E-state index is 14.1. The fraction of sp³-hybridized carbons (Fsp3) is 0.250. The first-order chi connectivity index (χ1) is 11.1. The Labute approximate surface area is 136 Å². The fourth-order valence-electron chi connectivity index (χ4n) is 2.49. The maximum atomic E-state index is 14.1. The predicted octanol–water partition coefficient (Wildman–Crippen LogP) is 2.54. The summed E-state index contributed by atoms with van der Waals surface area (Å²) in [5.41, 5.74) is 1.17. The third-order valence-corrected chi connectivity index (χ3v) is 3.91. The van der Waals surface area contributed by atoms with Crippen LogP contribution in [0.3, 0.4) is 0 Å². The number of nitrogens with two attached hydrogens (primary N) is 1. The average Bonchev–Trinajstić information content (AvgIpc) is 2.98. The van der Waals surface area contributed by atoms with Gasteiger partial charge in [-0.15, -0.1) is 0 Å². The largest absolute Gasteiger partial charge is 0.340 e. The van der Waals surface area contributed by atoms with E-state index in [2.05, 4.69) is 0 Å². The van der Waals surface area contributed by atoms with Gasteiger partial charge in [0.15, 0.2) is 6.29 Å². The highest BCUT2D eigenvalue weighted by Crippen LogP contribution is 2.40. The van der Waals surface area contributed by atoms with E-state index in [9.17, 15) is 8.60 Å². The van der Waals surface area contributed by atoms with Crippen LogP contribution in [0.15, 0.2) is 54.6 Å². The molecule has 0 amide bonds. The Kier molecular flexibility index (Phi) is 5.14. The van der Waals surface area contributed by atoms with E-state index in [1.54, 1.807) is 18.2 Å². The van der Waals surface area contributed by atoms with Gasteiger partial charge in [0.1, 0.15) is 18.0 Å². The van der Waals surface area contributed by atoms with E-state index in [1.165, 1.54) is 6.07 Å². The summed E-state index contributed by atoms with van der Waals surface area (Å²) in [7, 11) is 0. The second-order valence-electron chi connectivity index (χ2n) is 5.04. The van der Waals surface area contributed by atoms with Crippen molar-refractivity contribution < 1.29 is 22.3 Å². The molecule has 0 aromatic heterocycles. The summed E-state index contributed by atoms with van der Waals surface area (Å²) in [6, 6.07) is 15.6. The van der Waals surface area contributed by atoms with Gasteiger partial charge in [-0.1, -0.05) is 48.5 Å². The molecule has 2 N–H and O–H groups in total. The standard InChI is InChI=1S/C16H16FNO4S/c17-13-9-5-4-8-12(13)15-14(10-20-23(18)19)21-16(22-15)11-6-2-1-3-7-11/h1-9,14-16H,10,18H2/t14-,15-,16?,23?/m0/s1. The zero-order valence-electron chi connectivity index (χ0n) is 12.1. The molecular weight excluding hydrogens is 321 g/mol. The molecular formula is C16H16FNO4S. The molecule has 4 atom stereocenters. The van der Waals surface area contributed by atoms with Crippen molar-refractivity contribution >= 4 is 11.3 Å². The lowest BCUT2D eigenvalue weighted by atomic mass is 10.0. The Hall–Kier alpha value is -1.64. The molecule has 2 aromatic carbocycles. The number of halogens is 1. The van der Waals surface area contributed by atoms with Crippen LogP contribution < -0.4 is 5.14 Å². The van der Waals surface area contributed by atoms with Crippen LogP contribution >= 0.6 is 0 Å². The Morgan fingerprint density at radius 3 is 2.48 bits per heavy atom. The van der Waals surface area contributed by atoms with Crippen LogP contribution in [-0.4, -0.2) is 16.9 Å². The lowest BCUT2D eigenvalue weighted by molar-refractivity contribution is -0.0727. The molecule has 1 aliphatic rings. The summed E-state index contributed by atoms with van der Waals surface area (Å²) in [5, 5.41) is 5.11. The van der Waals surface area contributed by atoms with Gasteiger partial charge < -0.3 is 9.47 Å². The summed E-state index contributed by atoms with van der Waals surface area (Å²) >= 11 is -1.92. The third kappa shape index (κ3) is 3.82. The predicted molar refractivity (Wildman–Crippen MR) is 82.6 cm³/mol. The molecule has 0 radical (unpaired) electrons. The van der Waals surface area contributed by atoms with E-state index in [0.29, 0.717) is 5.56 Å². The molecule has 0 saturated carbocycles. The molecule has 122 valence electrons. The molecule has 3 rings (SSSR count). The van der Waals surface area contributed by atoms with E-state index in [0.717, 1.165) is 5.56 Å². The van der Waals surface area contributed by atoms with E-state index in [1.807, 2.05) is 30.3 Å². The number of benzene rings is 2. The molecule has 1 heterocycles. The van der Waals surface area contributed by atoms with Crippen LogP contribution in [0.4, 0.5) is 4.39 Å². The SMILES string of the molecule is NS(=O)OC[C@@H]1OC(c2ccccc2)O[C@H]1c1ccccc1F. The number of hydrogen-bond donors (Lipinski definition) is 1. The first kappa shape index (κ1) is 16.2. The lowest BCUT2D eigenvalue weighted by Gasteiger charge is -2.16. The van der Waals surface area contributed by atoms with Gasteiger partial charge in [-0.25, -0.2) is 13.7 Å². The van der Waals surface area contributed by atoms with Gasteiger partial charge >= 0.3 is 0 Å². The van der Waals surface area contributed by atoms with E-state index < -0.39 is 35.6 Å². The van der Waals surface area contributed by atoms with Crippen molar-refractivity contribution in [2.24, 2.45) is 5.14 Å². The average molecular weight is 337 g/mol. The van der Waals surface area contributed by atoms with Crippen LogP contribution in [0.1, 0.15) is 23.5 Å². The van der Waals surface area contributed by atoms with Gasteiger partial charge in [0, 0.05) is 11.1 Å². The zero-order valence-corrected chi connectivity index (χ0v) is 12.9. The molecule has 1 aliphatic heterocycles. The minimum absolute atomic E-state index is 0.0640. The quantitative estimate of drug-likeness (QED) is 0.910. The van der Waals surface area contributed by atoms with Crippen molar-refractivity contribution in [1.82, 2.24) is 0 Å². The molecule has 0 spiro atoms. The van der Waals surface area contributed by atoms with Crippen molar-refractivity contribution in [3.8, 4) is 0 Å². The highest BCUT2D eigenvalue weighted by atomic mass is 32.2. The summed E-state index contributed by atoms with van der Waals surface area (Å²) < 4.78 is 41.7. The summed E-state index contributed by atoms with van der Waals surface area (Å²) in [5.74, 6) is -0.395. The van der Waals surface area contributed by atoms with Gasteiger partial charge in [-0.3, -0.25) is 4.18 Å². The molecule has 7 heteroatoms. The van der Waals surface area contributed by atoms with Crippen LogP contribution in [-0.2, 0) is 24.9 Å². The van der Waals surface area contributed by atoms with Gasteiger partial charge in [-0.2, -0.15) is 0 Å². The Balaban J connectivity index is 1.85. The normalized spacial score (nSPS) is 25.4. The van der Waals surface area contributed by atoms with Crippen LogP contribution in [0, 0.1) is 5.82 Å². The monoisotopic (exact) mass is 337 g/mol. The van der Waals surface area contributed by atoms with Crippen LogP contribution in [0.5, 0.6) is 0 Å². The summed E-state index contributed by atoms with van der Waals surface area (Å²) in [6.07, 6.45) is -1.95. The Morgan fingerprint density at radius 2 is 1.78 bits per heavy atom. The van der Waals surface area contributed by atoms with E-state index in [4.69, 9.17) is 18.8 Å². The van der Waals surface area contributed by atoms with Gasteiger partial charge in [0.2, 0.25) is 11.3 Å². The highest BCUT2D eigenvalue weighted by Gasteiger charge is 2.39. The summed E-state index contributed by atoms with van der Waals surface area (Å²) in [4.78, 5) is 0. The summed E-state index contributed by atoms with van der Waals surface area (Å²) in [6.45, 7) is -0.0640. The number of hydrogen-bond acceptors (Lipinski definition) is 4. The molecule has 0 bridgehead atoms. The second kappa shape index (κ2) is 7.29. The Morgan fingerprint density at radius 1 is 1.09 bits per heavy atom. The Bertz CT molecular complexity index is 685. The zero-order chi connectivity index (χ0) is 16.2. The topological polar surface area (TPSA) is 70.8 Å². The van der Waals surface area contributed by atoms with Crippen molar-refractivity contribution in [2.45, 2.75) is 18.5 Å². The van der Waals surface area contributed by atoms with Gasteiger partial charge in [-0.05, 0) is 6.07 Å². The van der Waals surface area contributed by atoms with Crippen LogP contribution in [0.2, 0.25) is 0 Å². The number of ether oxygens (including phenoxy) is 2. The molecule has 1 saturated heterocycles. The van der Waals surface area contributed by atoms with Crippen molar-refractivity contribution in [3.05, 3.63) is 71.5 Å². The fourth-order valence-corrected chi connectivity index (χ4v) is 2.76. The van der Waals surface area contributed by atoms with Crippen molar-refractivity contribution in [1.29, 1.82) is 0 Å². The maximum Gasteiger partial charge on any atom is 0.231 e. The lowest BCUT2D eigenvalue weighted by Crippen LogP contribution is -2.24. The van der Waals surface area contributed by atoms with E-state index >= 15 is 0 Å². The van der Waals surface area contributed by atoms with Crippen molar-refractivity contribution in [3.63, 3.8) is 0 Å². The van der Waals surface area contributed by atoms with Gasteiger partial charge in [0.25, 0.3) is 0 Å². The minimum Gasteiger partial charge on any atom is -0.340 e. The first-order valence-electron chi connectivity index (χ1n) is 7.05. The van der Waals surface area contributed by atoms with Gasteiger partial charge in [0.05, 0.1) is 6.61 Å². The molecule has 2 unspecified atom stereocenters. The van der Waals surface area contributed by atoms with Crippen molar-refractivity contribution in [2.75, 3.05) is 6.61 Å². The van der Waals surface area contributed by atoms with E-state index in [-0.39, 0.29) is 6.61 Å². The molecule has 2 aromatic rings. The first-order valence-corrected chi connectivity index (χ1v) is 8.18. The highest BCUT2D eigenvalue weighted by molar-refractivity contribution is 7.77. The molecule has 0 aliphatic carbocycles.